The molecule has 2 fully saturated rings. The normalized spacial score (nSPS) is 36.8. The van der Waals surface area contributed by atoms with E-state index in [1.807, 2.05) is 0 Å². The lowest BCUT2D eigenvalue weighted by Crippen LogP contribution is -2.49. The minimum Gasteiger partial charge on any atom is -0.378 e. The van der Waals surface area contributed by atoms with Crippen LogP contribution in [-0.4, -0.2) is 42.4 Å². The minimum absolute atomic E-state index is 0.574. The van der Waals surface area contributed by atoms with Crippen LogP contribution in [0.2, 0.25) is 0 Å². The van der Waals surface area contributed by atoms with E-state index in [0.717, 1.165) is 37.3 Å². The van der Waals surface area contributed by atoms with Crippen molar-refractivity contribution in [3.8, 4) is 0 Å². The fourth-order valence-electron chi connectivity index (χ4n) is 2.96. The molecule has 16 heavy (non-hydrogen) atoms. The van der Waals surface area contributed by atoms with E-state index in [9.17, 15) is 0 Å². The molecule has 3 nitrogen and oxygen atoms in total. The number of hydrogen-bond donors (Lipinski definition) is 1. The summed E-state index contributed by atoms with van der Waals surface area (Å²) in [4.78, 5) is 2.23. The van der Waals surface area contributed by atoms with Crippen LogP contribution in [0.3, 0.4) is 0 Å². The van der Waals surface area contributed by atoms with Gasteiger partial charge < -0.3 is 15.0 Å². The molecule has 3 aliphatic rings. The third-order valence-electron chi connectivity index (χ3n) is 3.89. The quantitative estimate of drug-likeness (QED) is 0.547. The molecule has 0 radical (unpaired) electrons. The summed E-state index contributed by atoms with van der Waals surface area (Å²) in [6.07, 6.45) is 7.30. The molecule has 1 N–H and O–H groups in total. The van der Waals surface area contributed by atoms with Gasteiger partial charge in [0, 0.05) is 19.1 Å². The molecule has 2 aliphatic carbocycles. The summed E-state index contributed by atoms with van der Waals surface area (Å²) < 4.78 is 5.33. The van der Waals surface area contributed by atoms with Crippen molar-refractivity contribution < 1.29 is 4.74 Å². The molecule has 3 atom stereocenters. The molecular formula is C12H18N2OS. The van der Waals surface area contributed by atoms with Crippen LogP contribution in [0.1, 0.15) is 12.8 Å². The molecule has 1 saturated heterocycles. The Labute approximate surface area is 102 Å². The highest BCUT2D eigenvalue weighted by Gasteiger charge is 2.36. The third kappa shape index (κ3) is 1.96. The van der Waals surface area contributed by atoms with Crippen LogP contribution in [0.15, 0.2) is 12.2 Å². The maximum atomic E-state index is 5.46. The molecule has 2 bridgehead atoms. The van der Waals surface area contributed by atoms with E-state index in [4.69, 9.17) is 17.0 Å². The number of nitrogens with zero attached hydrogens (tertiary/aromatic N) is 1. The monoisotopic (exact) mass is 238 g/mol. The maximum Gasteiger partial charge on any atom is 0.169 e. The molecular weight excluding hydrogens is 220 g/mol. The van der Waals surface area contributed by atoms with Gasteiger partial charge >= 0.3 is 0 Å². The third-order valence-corrected chi connectivity index (χ3v) is 4.26. The average molecular weight is 238 g/mol. The predicted octanol–water partition coefficient (Wildman–Crippen LogP) is 1.16. The number of morpholine rings is 1. The van der Waals surface area contributed by atoms with Gasteiger partial charge in [-0.3, -0.25) is 0 Å². The van der Waals surface area contributed by atoms with Crippen LogP contribution >= 0.6 is 12.2 Å². The van der Waals surface area contributed by atoms with Crippen LogP contribution in [0.5, 0.6) is 0 Å². The molecule has 4 heteroatoms. The van der Waals surface area contributed by atoms with Gasteiger partial charge in [0.15, 0.2) is 5.11 Å². The number of thiocarbonyl (C=S) groups is 1. The van der Waals surface area contributed by atoms with E-state index < -0.39 is 0 Å². The van der Waals surface area contributed by atoms with Crippen molar-refractivity contribution in [1.82, 2.24) is 10.2 Å². The number of allylic oxidation sites excluding steroid dienone is 1. The summed E-state index contributed by atoms with van der Waals surface area (Å²) in [5.41, 5.74) is 0. The van der Waals surface area contributed by atoms with Gasteiger partial charge in [0.1, 0.15) is 0 Å². The summed E-state index contributed by atoms with van der Waals surface area (Å²) in [6, 6.07) is 0.574. The summed E-state index contributed by atoms with van der Waals surface area (Å²) in [5, 5.41) is 4.46. The van der Waals surface area contributed by atoms with E-state index in [0.29, 0.717) is 12.0 Å². The first-order valence-corrected chi connectivity index (χ1v) is 6.55. The van der Waals surface area contributed by atoms with E-state index in [1.165, 1.54) is 12.8 Å². The van der Waals surface area contributed by atoms with Gasteiger partial charge in [0.25, 0.3) is 0 Å². The Hall–Kier alpha value is -0.610. The van der Waals surface area contributed by atoms with Crippen LogP contribution in [0.4, 0.5) is 0 Å². The van der Waals surface area contributed by atoms with Crippen molar-refractivity contribution in [3.05, 3.63) is 12.2 Å². The number of rotatable bonds is 1. The van der Waals surface area contributed by atoms with E-state index in [1.54, 1.807) is 0 Å². The second kappa shape index (κ2) is 4.34. The zero-order valence-corrected chi connectivity index (χ0v) is 10.2. The van der Waals surface area contributed by atoms with E-state index in [2.05, 4.69) is 22.4 Å². The van der Waals surface area contributed by atoms with Crippen molar-refractivity contribution in [1.29, 1.82) is 0 Å². The molecule has 0 aromatic rings. The molecule has 1 aliphatic heterocycles. The van der Waals surface area contributed by atoms with Gasteiger partial charge in [-0.2, -0.15) is 0 Å². The first kappa shape index (κ1) is 10.5. The summed E-state index contributed by atoms with van der Waals surface area (Å²) >= 11 is 5.46. The van der Waals surface area contributed by atoms with Crippen LogP contribution in [0, 0.1) is 11.8 Å². The van der Waals surface area contributed by atoms with Gasteiger partial charge in [-0.05, 0) is 36.9 Å². The Morgan fingerprint density at radius 3 is 2.69 bits per heavy atom. The number of nitrogens with one attached hydrogen (secondary N) is 1. The average Bonchev–Trinajstić information content (AvgIpc) is 2.92. The van der Waals surface area contributed by atoms with Gasteiger partial charge in [-0.25, -0.2) is 0 Å². The lowest BCUT2D eigenvalue weighted by atomic mass is 10.0. The van der Waals surface area contributed by atoms with Crippen molar-refractivity contribution in [3.63, 3.8) is 0 Å². The second-order valence-electron chi connectivity index (χ2n) is 4.94. The first-order chi connectivity index (χ1) is 7.83. The molecule has 0 amide bonds. The standard InChI is InChI=1S/C12H18N2OS/c16-12(14-3-5-15-6-4-14)13-11-8-9-1-2-10(11)7-9/h1-2,9-11H,3-8H2,(H,13,16)/t9-,10-,11+/m1/s1. The highest BCUT2D eigenvalue weighted by Crippen LogP contribution is 2.38. The first-order valence-electron chi connectivity index (χ1n) is 6.14. The zero-order valence-electron chi connectivity index (χ0n) is 9.39. The van der Waals surface area contributed by atoms with Crippen molar-refractivity contribution in [2.75, 3.05) is 26.3 Å². The lowest BCUT2D eigenvalue weighted by Gasteiger charge is -2.32. The molecule has 0 unspecified atom stereocenters. The zero-order chi connectivity index (χ0) is 11.0. The van der Waals surface area contributed by atoms with Crippen molar-refractivity contribution >= 4 is 17.3 Å². The van der Waals surface area contributed by atoms with Crippen molar-refractivity contribution in [2.45, 2.75) is 18.9 Å². The van der Waals surface area contributed by atoms with Crippen LogP contribution in [-0.2, 0) is 4.74 Å². The Morgan fingerprint density at radius 1 is 1.25 bits per heavy atom. The highest BCUT2D eigenvalue weighted by molar-refractivity contribution is 7.80. The van der Waals surface area contributed by atoms with Crippen LogP contribution in [0.25, 0.3) is 0 Å². The molecule has 3 rings (SSSR count). The van der Waals surface area contributed by atoms with Crippen molar-refractivity contribution in [2.24, 2.45) is 11.8 Å². The molecule has 0 aromatic heterocycles. The van der Waals surface area contributed by atoms with E-state index in [-0.39, 0.29) is 0 Å². The Balaban J connectivity index is 1.54. The smallest absolute Gasteiger partial charge is 0.169 e. The molecule has 1 saturated carbocycles. The van der Waals surface area contributed by atoms with Gasteiger partial charge in [0.2, 0.25) is 0 Å². The van der Waals surface area contributed by atoms with E-state index >= 15 is 0 Å². The Bertz CT molecular complexity index is 312. The predicted molar refractivity (Wildman–Crippen MR) is 67.3 cm³/mol. The summed E-state index contributed by atoms with van der Waals surface area (Å²) in [7, 11) is 0. The molecule has 0 spiro atoms. The second-order valence-corrected chi connectivity index (χ2v) is 5.32. The lowest BCUT2D eigenvalue weighted by molar-refractivity contribution is 0.0673. The fourth-order valence-corrected chi connectivity index (χ4v) is 3.30. The Morgan fingerprint density at radius 2 is 2.06 bits per heavy atom. The number of hydrogen-bond acceptors (Lipinski definition) is 2. The molecule has 0 aromatic carbocycles. The fraction of sp³-hybridized carbons (Fsp3) is 0.750. The summed E-state index contributed by atoms with van der Waals surface area (Å²) in [6.45, 7) is 3.47. The van der Waals surface area contributed by atoms with Crippen LogP contribution < -0.4 is 5.32 Å². The van der Waals surface area contributed by atoms with Gasteiger partial charge in [-0.1, -0.05) is 12.2 Å². The highest BCUT2D eigenvalue weighted by atomic mass is 32.1. The van der Waals surface area contributed by atoms with Gasteiger partial charge in [-0.15, -0.1) is 0 Å². The van der Waals surface area contributed by atoms with Gasteiger partial charge in [0.05, 0.1) is 13.2 Å². The molecule has 1 heterocycles. The minimum atomic E-state index is 0.574. The summed E-state index contributed by atoms with van der Waals surface area (Å²) in [5.74, 6) is 1.51. The largest absolute Gasteiger partial charge is 0.378 e. The SMILES string of the molecule is S=C(N[C@H]1C[C@@H]2C=C[C@@H]1C2)N1CCOCC1. The maximum absolute atomic E-state index is 5.46. The number of ether oxygens (including phenoxy) is 1. The molecule has 88 valence electrons. The Kier molecular flexibility index (Phi) is 2.86. The number of fused-ring (bicyclic) bond motifs is 2. The topological polar surface area (TPSA) is 24.5 Å².